The first-order valence-electron chi connectivity index (χ1n) is 11.1. The van der Waals surface area contributed by atoms with Crippen molar-refractivity contribution in [3.63, 3.8) is 0 Å². The van der Waals surface area contributed by atoms with E-state index in [-0.39, 0.29) is 6.10 Å². The molecule has 0 saturated carbocycles. The maximum Gasteiger partial charge on any atom is 0.326 e. The highest BCUT2D eigenvalue weighted by Crippen LogP contribution is 2.25. The number of urea groups is 1. The predicted molar refractivity (Wildman–Crippen MR) is 133 cm³/mol. The highest BCUT2D eigenvalue weighted by Gasteiger charge is 2.24. The average molecular weight is 473 g/mol. The summed E-state index contributed by atoms with van der Waals surface area (Å²) in [5, 5.41) is 8.10. The summed E-state index contributed by atoms with van der Waals surface area (Å²) < 4.78 is 6.10. The summed E-state index contributed by atoms with van der Waals surface area (Å²) in [6.07, 6.45) is 4.44. The van der Waals surface area contributed by atoms with E-state index < -0.39 is 6.03 Å². The third-order valence-corrected chi connectivity index (χ3v) is 6.30. The van der Waals surface area contributed by atoms with Crippen molar-refractivity contribution in [1.82, 2.24) is 19.9 Å². The molecule has 4 heterocycles. The molecule has 0 aliphatic carbocycles. The Kier molecular flexibility index (Phi) is 6.73. The minimum Gasteiger partial charge on any atom is -0.473 e. The van der Waals surface area contributed by atoms with Gasteiger partial charge < -0.3 is 4.74 Å². The molecule has 1 aliphatic rings. The van der Waals surface area contributed by atoms with Crippen LogP contribution in [0.5, 0.6) is 5.88 Å². The Morgan fingerprint density at radius 1 is 1.00 bits per heavy atom. The molecule has 4 aromatic rings. The second-order valence-electron chi connectivity index (χ2n) is 7.96. The maximum absolute atomic E-state index is 12.4. The molecule has 3 aromatic heterocycles. The van der Waals surface area contributed by atoms with E-state index in [4.69, 9.17) is 4.74 Å². The fourth-order valence-corrected chi connectivity index (χ4v) is 4.58. The van der Waals surface area contributed by atoms with Gasteiger partial charge in [-0.05, 0) is 30.2 Å². The molecule has 1 saturated heterocycles. The molecular formula is C25H24N6O2S. The minimum absolute atomic E-state index is 0.0712. The van der Waals surface area contributed by atoms with Gasteiger partial charge in [-0.1, -0.05) is 36.4 Å². The molecule has 1 fully saturated rings. The average Bonchev–Trinajstić information content (AvgIpc) is 3.50. The predicted octanol–water partition coefficient (Wildman–Crippen LogP) is 4.90. The van der Waals surface area contributed by atoms with Gasteiger partial charge in [0.2, 0.25) is 5.88 Å². The van der Waals surface area contributed by atoms with Crippen LogP contribution in [0.4, 0.5) is 16.4 Å². The first-order valence-corrected chi connectivity index (χ1v) is 11.9. The van der Waals surface area contributed by atoms with Gasteiger partial charge in [-0.25, -0.2) is 9.78 Å². The number of amides is 2. The molecule has 34 heavy (non-hydrogen) atoms. The Hall–Kier alpha value is -3.82. The van der Waals surface area contributed by atoms with Crippen LogP contribution >= 0.6 is 11.3 Å². The number of hydrogen-bond donors (Lipinski definition) is 2. The van der Waals surface area contributed by atoms with Crippen molar-refractivity contribution in [3.05, 3.63) is 84.0 Å². The van der Waals surface area contributed by atoms with E-state index in [1.807, 2.05) is 30.3 Å². The number of ether oxygens (including phenoxy) is 1. The van der Waals surface area contributed by atoms with E-state index in [0.717, 1.165) is 36.6 Å². The number of hydrogen-bond acceptors (Lipinski definition) is 7. The lowest BCUT2D eigenvalue weighted by atomic mass is 10.2. The van der Waals surface area contributed by atoms with Crippen LogP contribution in [0.3, 0.4) is 0 Å². The second-order valence-corrected chi connectivity index (χ2v) is 8.82. The Balaban J connectivity index is 1.13. The van der Waals surface area contributed by atoms with Crippen LogP contribution in [-0.4, -0.2) is 45.1 Å². The first kappa shape index (κ1) is 22.0. The lowest BCUT2D eigenvalue weighted by Gasteiger charge is -2.17. The smallest absolute Gasteiger partial charge is 0.326 e. The van der Waals surface area contributed by atoms with Crippen molar-refractivity contribution < 1.29 is 9.53 Å². The summed E-state index contributed by atoms with van der Waals surface area (Å²) in [5.74, 6) is 1.39. The van der Waals surface area contributed by atoms with Crippen LogP contribution in [-0.2, 0) is 6.54 Å². The lowest BCUT2D eigenvalue weighted by Crippen LogP contribution is -2.25. The summed E-state index contributed by atoms with van der Waals surface area (Å²) in [5.41, 5.74) is 2.25. The van der Waals surface area contributed by atoms with Gasteiger partial charge in [0, 0.05) is 49.0 Å². The molecule has 2 amide bonds. The van der Waals surface area contributed by atoms with E-state index in [1.54, 1.807) is 23.8 Å². The standard InChI is InChI=1S/C25H24N6O2S/c32-25(30-22-17-34-24(28-22)19-9-12-26-13-10-19)29-21-7-4-8-23(27-21)33-20-11-14-31(16-20)15-18-5-2-1-3-6-18/h1-10,12-13,17,20H,11,14-16H2,(H2,27,29,30,32). The topological polar surface area (TPSA) is 92.3 Å². The summed E-state index contributed by atoms with van der Waals surface area (Å²) in [6, 6.07) is 19.1. The van der Waals surface area contributed by atoms with Gasteiger partial charge in [-0.2, -0.15) is 4.98 Å². The molecule has 2 N–H and O–H groups in total. The van der Waals surface area contributed by atoms with Gasteiger partial charge in [-0.15, -0.1) is 11.3 Å². The molecular weight excluding hydrogens is 448 g/mol. The van der Waals surface area contributed by atoms with E-state index in [2.05, 4.69) is 54.8 Å². The zero-order valence-electron chi connectivity index (χ0n) is 18.4. The number of benzene rings is 1. The minimum atomic E-state index is -0.411. The Morgan fingerprint density at radius 2 is 1.82 bits per heavy atom. The van der Waals surface area contributed by atoms with Gasteiger partial charge in [-0.3, -0.25) is 20.5 Å². The van der Waals surface area contributed by atoms with E-state index in [9.17, 15) is 4.79 Å². The molecule has 172 valence electrons. The molecule has 1 aliphatic heterocycles. The summed E-state index contributed by atoms with van der Waals surface area (Å²) in [7, 11) is 0. The quantitative estimate of drug-likeness (QED) is 0.398. The number of anilines is 2. The Bertz CT molecular complexity index is 1230. The number of aromatic nitrogens is 3. The van der Waals surface area contributed by atoms with Crippen molar-refractivity contribution in [3.8, 4) is 16.5 Å². The zero-order chi connectivity index (χ0) is 23.2. The fourth-order valence-electron chi connectivity index (χ4n) is 3.82. The van der Waals surface area contributed by atoms with Crippen LogP contribution in [0.15, 0.2) is 78.4 Å². The molecule has 1 aromatic carbocycles. The third kappa shape index (κ3) is 5.75. The van der Waals surface area contributed by atoms with Crippen LogP contribution in [0.1, 0.15) is 12.0 Å². The molecule has 9 heteroatoms. The number of carbonyl (C=O) groups is 1. The van der Waals surface area contributed by atoms with Gasteiger partial charge in [0.1, 0.15) is 22.7 Å². The number of nitrogens with one attached hydrogen (secondary N) is 2. The first-order chi connectivity index (χ1) is 16.7. The molecule has 1 atom stereocenters. The molecule has 0 bridgehead atoms. The van der Waals surface area contributed by atoms with E-state index in [0.29, 0.717) is 17.5 Å². The number of pyridine rings is 2. The van der Waals surface area contributed by atoms with Crippen molar-refractivity contribution in [1.29, 1.82) is 0 Å². The van der Waals surface area contributed by atoms with E-state index in [1.165, 1.54) is 16.9 Å². The van der Waals surface area contributed by atoms with Crippen LogP contribution in [0.25, 0.3) is 10.6 Å². The second kappa shape index (κ2) is 10.4. The maximum atomic E-state index is 12.4. The monoisotopic (exact) mass is 472 g/mol. The zero-order valence-corrected chi connectivity index (χ0v) is 19.2. The Morgan fingerprint density at radius 3 is 2.68 bits per heavy atom. The Labute approximate surface area is 201 Å². The fraction of sp³-hybridized carbons (Fsp3) is 0.200. The number of likely N-dealkylation sites (tertiary alicyclic amines) is 1. The summed E-state index contributed by atoms with van der Waals surface area (Å²) in [6.45, 7) is 2.74. The SMILES string of the molecule is O=C(Nc1cccc(OC2CCN(Cc3ccccc3)C2)n1)Nc1csc(-c2ccncc2)n1. The number of nitrogens with zero attached hydrogens (tertiary/aromatic N) is 4. The van der Waals surface area contributed by atoms with Gasteiger partial charge in [0.25, 0.3) is 0 Å². The highest BCUT2D eigenvalue weighted by molar-refractivity contribution is 7.13. The van der Waals surface area contributed by atoms with Crippen molar-refractivity contribution in [2.24, 2.45) is 0 Å². The number of carbonyl (C=O) groups excluding carboxylic acids is 1. The van der Waals surface area contributed by atoms with Crippen molar-refractivity contribution in [2.75, 3.05) is 23.7 Å². The normalized spacial score (nSPS) is 15.7. The van der Waals surface area contributed by atoms with Gasteiger partial charge in [0.05, 0.1) is 0 Å². The number of rotatable bonds is 7. The van der Waals surface area contributed by atoms with Gasteiger partial charge in [0.15, 0.2) is 0 Å². The van der Waals surface area contributed by atoms with E-state index >= 15 is 0 Å². The van der Waals surface area contributed by atoms with Gasteiger partial charge >= 0.3 is 6.03 Å². The largest absolute Gasteiger partial charge is 0.473 e. The van der Waals surface area contributed by atoms with Crippen LogP contribution in [0.2, 0.25) is 0 Å². The highest BCUT2D eigenvalue weighted by atomic mass is 32.1. The van der Waals surface area contributed by atoms with Crippen molar-refractivity contribution in [2.45, 2.75) is 19.1 Å². The molecule has 0 spiro atoms. The van der Waals surface area contributed by atoms with Crippen LogP contribution < -0.4 is 15.4 Å². The summed E-state index contributed by atoms with van der Waals surface area (Å²) in [4.78, 5) is 27.7. The molecule has 5 rings (SSSR count). The third-order valence-electron chi connectivity index (χ3n) is 5.40. The molecule has 0 radical (unpaired) electrons. The van der Waals surface area contributed by atoms with Crippen LogP contribution in [0, 0.1) is 0 Å². The van der Waals surface area contributed by atoms with Crippen molar-refractivity contribution >= 4 is 29.0 Å². The lowest BCUT2D eigenvalue weighted by molar-refractivity contribution is 0.191. The summed E-state index contributed by atoms with van der Waals surface area (Å²) >= 11 is 1.45. The molecule has 8 nitrogen and oxygen atoms in total. The number of thiazole rings is 1. The molecule has 1 unspecified atom stereocenters.